The van der Waals surface area contributed by atoms with Crippen LogP contribution in [-0.4, -0.2) is 14.5 Å². The van der Waals surface area contributed by atoms with Gasteiger partial charge in [0.25, 0.3) is 0 Å². The highest BCUT2D eigenvalue weighted by molar-refractivity contribution is 5.76. The van der Waals surface area contributed by atoms with E-state index in [-0.39, 0.29) is 0 Å². The first-order valence-electron chi connectivity index (χ1n) is 6.68. The number of rotatable bonds is 4. The van der Waals surface area contributed by atoms with Gasteiger partial charge in [-0.15, -0.1) is 0 Å². The average Bonchev–Trinajstić information content (AvgIpc) is 2.85. The molecule has 0 saturated carbocycles. The van der Waals surface area contributed by atoms with Crippen molar-refractivity contribution >= 4 is 16.9 Å². The van der Waals surface area contributed by atoms with Crippen LogP contribution in [0.4, 0.5) is 5.82 Å². The second-order valence-electron chi connectivity index (χ2n) is 4.61. The summed E-state index contributed by atoms with van der Waals surface area (Å²) < 4.78 is 2.21. The summed E-state index contributed by atoms with van der Waals surface area (Å²) in [6.45, 7) is 2.81. The number of aromatic nitrogens is 3. The van der Waals surface area contributed by atoms with Gasteiger partial charge in [-0.25, -0.2) is 15.8 Å². The molecule has 3 aromatic rings. The number of nitrogens with one attached hydrogen (secondary N) is 1. The van der Waals surface area contributed by atoms with Gasteiger partial charge in [-0.2, -0.15) is 0 Å². The lowest BCUT2D eigenvalue weighted by atomic mass is 10.3. The fourth-order valence-electron chi connectivity index (χ4n) is 2.38. The first-order valence-corrected chi connectivity index (χ1v) is 6.68. The van der Waals surface area contributed by atoms with Gasteiger partial charge in [-0.1, -0.05) is 25.1 Å². The molecule has 5 nitrogen and oxygen atoms in total. The second-order valence-corrected chi connectivity index (χ2v) is 4.61. The molecule has 102 valence electrons. The number of imidazole rings is 1. The molecule has 3 N–H and O–H groups in total. The Morgan fingerprint density at radius 2 is 1.95 bits per heavy atom. The number of hydrogen-bond acceptors (Lipinski definition) is 4. The minimum absolute atomic E-state index is 0.671. The molecule has 0 aliphatic heterocycles. The first-order chi connectivity index (χ1) is 9.81. The lowest BCUT2D eigenvalue weighted by Crippen LogP contribution is -2.11. The van der Waals surface area contributed by atoms with E-state index in [1.807, 2.05) is 36.4 Å². The number of para-hydroxylation sites is 2. The van der Waals surface area contributed by atoms with Crippen molar-refractivity contribution in [3.8, 4) is 0 Å². The minimum atomic E-state index is 0.671. The van der Waals surface area contributed by atoms with E-state index in [0.717, 1.165) is 29.0 Å². The molecule has 2 aromatic heterocycles. The highest BCUT2D eigenvalue weighted by Crippen LogP contribution is 2.18. The van der Waals surface area contributed by atoms with Crippen LogP contribution in [0.15, 0.2) is 42.5 Å². The SMILES string of the molecule is CCc1nc2ccccc2n1Cc1cccc(NN)n1. The molecular weight excluding hydrogens is 250 g/mol. The van der Waals surface area contributed by atoms with E-state index < -0.39 is 0 Å². The number of nitrogen functional groups attached to an aromatic ring is 1. The summed E-state index contributed by atoms with van der Waals surface area (Å²) in [6, 6.07) is 14.0. The van der Waals surface area contributed by atoms with Crippen molar-refractivity contribution < 1.29 is 0 Å². The smallest absolute Gasteiger partial charge is 0.140 e. The molecule has 0 unspecified atom stereocenters. The van der Waals surface area contributed by atoms with Crippen LogP contribution in [0.3, 0.4) is 0 Å². The van der Waals surface area contributed by atoms with Gasteiger partial charge in [0.05, 0.1) is 23.3 Å². The van der Waals surface area contributed by atoms with Gasteiger partial charge in [0.1, 0.15) is 11.6 Å². The van der Waals surface area contributed by atoms with Crippen molar-refractivity contribution in [1.82, 2.24) is 14.5 Å². The highest BCUT2D eigenvalue weighted by Gasteiger charge is 2.09. The topological polar surface area (TPSA) is 68.8 Å². The van der Waals surface area contributed by atoms with Crippen molar-refractivity contribution in [3.05, 3.63) is 54.0 Å². The molecule has 0 spiro atoms. The van der Waals surface area contributed by atoms with Gasteiger partial charge in [0.15, 0.2) is 0 Å². The Labute approximate surface area is 117 Å². The monoisotopic (exact) mass is 267 g/mol. The Hall–Kier alpha value is -2.40. The Bertz CT molecular complexity index is 732. The quantitative estimate of drug-likeness (QED) is 0.562. The van der Waals surface area contributed by atoms with Gasteiger partial charge in [-0.05, 0) is 24.3 Å². The van der Waals surface area contributed by atoms with E-state index in [4.69, 9.17) is 5.84 Å². The summed E-state index contributed by atoms with van der Waals surface area (Å²) in [5.74, 6) is 7.15. The summed E-state index contributed by atoms with van der Waals surface area (Å²) in [7, 11) is 0. The van der Waals surface area contributed by atoms with Crippen molar-refractivity contribution in [2.24, 2.45) is 5.84 Å². The summed E-state index contributed by atoms with van der Waals surface area (Å²) in [4.78, 5) is 9.13. The van der Waals surface area contributed by atoms with Crippen LogP contribution in [0.25, 0.3) is 11.0 Å². The van der Waals surface area contributed by atoms with E-state index in [0.29, 0.717) is 12.4 Å². The number of nitrogens with zero attached hydrogens (tertiary/aromatic N) is 3. The van der Waals surface area contributed by atoms with E-state index in [9.17, 15) is 0 Å². The molecule has 20 heavy (non-hydrogen) atoms. The van der Waals surface area contributed by atoms with Crippen LogP contribution in [0.2, 0.25) is 0 Å². The van der Waals surface area contributed by atoms with Gasteiger partial charge in [-0.3, -0.25) is 0 Å². The Morgan fingerprint density at radius 1 is 1.10 bits per heavy atom. The van der Waals surface area contributed by atoms with Gasteiger partial charge < -0.3 is 9.99 Å². The number of benzene rings is 1. The van der Waals surface area contributed by atoms with E-state index in [2.05, 4.69) is 33.0 Å². The number of nitrogens with two attached hydrogens (primary N) is 1. The minimum Gasteiger partial charge on any atom is -0.322 e. The van der Waals surface area contributed by atoms with Gasteiger partial charge in [0, 0.05) is 6.42 Å². The summed E-state index contributed by atoms with van der Waals surface area (Å²) in [5, 5.41) is 0. The summed E-state index contributed by atoms with van der Waals surface area (Å²) in [5.41, 5.74) is 5.70. The van der Waals surface area contributed by atoms with Crippen molar-refractivity contribution in [2.45, 2.75) is 19.9 Å². The normalized spacial score (nSPS) is 10.9. The van der Waals surface area contributed by atoms with Crippen LogP contribution < -0.4 is 11.3 Å². The maximum Gasteiger partial charge on any atom is 0.140 e. The number of fused-ring (bicyclic) bond motifs is 1. The summed E-state index contributed by atoms with van der Waals surface area (Å²) in [6.07, 6.45) is 0.892. The zero-order valence-corrected chi connectivity index (χ0v) is 11.4. The molecule has 1 aromatic carbocycles. The second kappa shape index (κ2) is 5.30. The van der Waals surface area contributed by atoms with Crippen LogP contribution >= 0.6 is 0 Å². The molecule has 0 fully saturated rings. The largest absolute Gasteiger partial charge is 0.322 e. The molecule has 0 saturated heterocycles. The van der Waals surface area contributed by atoms with Crippen LogP contribution in [0.5, 0.6) is 0 Å². The number of anilines is 1. The van der Waals surface area contributed by atoms with Crippen LogP contribution in [-0.2, 0) is 13.0 Å². The molecular formula is C15H17N5. The number of hydrazine groups is 1. The zero-order chi connectivity index (χ0) is 13.9. The van der Waals surface area contributed by atoms with Crippen molar-refractivity contribution in [3.63, 3.8) is 0 Å². The molecule has 0 bridgehead atoms. The third-order valence-corrected chi connectivity index (χ3v) is 3.32. The molecule has 0 atom stereocenters. The van der Waals surface area contributed by atoms with Crippen LogP contribution in [0, 0.1) is 0 Å². The van der Waals surface area contributed by atoms with E-state index in [1.54, 1.807) is 0 Å². The highest BCUT2D eigenvalue weighted by atomic mass is 15.2. The lowest BCUT2D eigenvalue weighted by molar-refractivity contribution is 0.737. The fourth-order valence-corrected chi connectivity index (χ4v) is 2.38. The molecule has 5 heteroatoms. The Balaban J connectivity index is 2.04. The molecule has 3 rings (SSSR count). The maximum atomic E-state index is 5.41. The molecule has 2 heterocycles. The number of pyridine rings is 1. The predicted molar refractivity (Wildman–Crippen MR) is 80.3 cm³/mol. The zero-order valence-electron chi connectivity index (χ0n) is 11.4. The third-order valence-electron chi connectivity index (χ3n) is 3.32. The fraction of sp³-hybridized carbons (Fsp3) is 0.200. The molecule has 0 amide bonds. The van der Waals surface area contributed by atoms with Crippen molar-refractivity contribution in [2.75, 3.05) is 5.43 Å². The van der Waals surface area contributed by atoms with Crippen molar-refractivity contribution in [1.29, 1.82) is 0 Å². The molecule has 0 radical (unpaired) electrons. The van der Waals surface area contributed by atoms with Gasteiger partial charge in [0.2, 0.25) is 0 Å². The standard InChI is InChI=1S/C15H17N5/c1-2-15-18-12-7-3-4-8-13(12)20(15)10-11-6-5-9-14(17-11)19-16/h3-9H,2,10,16H2,1H3,(H,17,19). The van der Waals surface area contributed by atoms with E-state index in [1.165, 1.54) is 0 Å². The van der Waals surface area contributed by atoms with Crippen LogP contribution in [0.1, 0.15) is 18.4 Å². The predicted octanol–water partition coefficient (Wildman–Crippen LogP) is 2.33. The Kier molecular flexibility index (Phi) is 3.35. The third kappa shape index (κ3) is 2.23. The number of hydrogen-bond donors (Lipinski definition) is 2. The molecule has 0 aliphatic rings. The molecule has 0 aliphatic carbocycles. The number of aryl methyl sites for hydroxylation is 1. The summed E-state index contributed by atoms with van der Waals surface area (Å²) >= 11 is 0. The first kappa shape index (κ1) is 12.6. The lowest BCUT2D eigenvalue weighted by Gasteiger charge is -2.09. The van der Waals surface area contributed by atoms with Gasteiger partial charge >= 0.3 is 0 Å². The average molecular weight is 267 g/mol. The maximum absolute atomic E-state index is 5.41. The Morgan fingerprint density at radius 3 is 2.75 bits per heavy atom. The van der Waals surface area contributed by atoms with E-state index >= 15 is 0 Å².